The second kappa shape index (κ2) is 8.65. The first-order valence-corrected chi connectivity index (χ1v) is 9.88. The maximum Gasteiger partial charge on any atom is 0.240 e. The van der Waals surface area contributed by atoms with Crippen LogP contribution < -0.4 is 0 Å². The van der Waals surface area contributed by atoms with Gasteiger partial charge in [-0.3, -0.25) is 4.90 Å². The standard InChI is InChI=1S/C18H25N3O2S/c1-24-13-17-19-18(23-20-17)12-21-9-7-15(8-10-21)16(22)11-14-5-3-2-4-6-14/h2-6,15-16,22H,7-13H2,1H3. The zero-order valence-corrected chi connectivity index (χ0v) is 14.9. The van der Waals surface area contributed by atoms with Gasteiger partial charge in [0, 0.05) is 0 Å². The summed E-state index contributed by atoms with van der Waals surface area (Å²) in [6.07, 6.45) is 4.54. The Morgan fingerprint density at radius 2 is 2.04 bits per heavy atom. The molecule has 0 aliphatic carbocycles. The van der Waals surface area contributed by atoms with Gasteiger partial charge in [-0.2, -0.15) is 16.7 Å². The normalized spacial score (nSPS) is 17.9. The monoisotopic (exact) mass is 347 g/mol. The van der Waals surface area contributed by atoms with E-state index in [0.717, 1.165) is 43.9 Å². The molecular weight excluding hydrogens is 322 g/mol. The first kappa shape index (κ1) is 17.5. The van der Waals surface area contributed by atoms with Crippen LogP contribution in [0.2, 0.25) is 0 Å². The number of rotatable bonds is 7. The molecule has 1 fully saturated rings. The van der Waals surface area contributed by atoms with E-state index in [9.17, 15) is 5.11 Å². The van der Waals surface area contributed by atoms with Crippen LogP contribution in [0.3, 0.4) is 0 Å². The molecule has 1 saturated heterocycles. The Balaban J connectivity index is 1.44. The van der Waals surface area contributed by atoms with Crippen LogP contribution in [-0.4, -0.2) is 45.6 Å². The van der Waals surface area contributed by atoms with Gasteiger partial charge in [-0.25, -0.2) is 0 Å². The predicted octanol–water partition coefficient (Wildman–Crippen LogP) is 2.75. The van der Waals surface area contributed by atoms with Crippen LogP contribution in [0.4, 0.5) is 0 Å². The largest absolute Gasteiger partial charge is 0.392 e. The Hall–Kier alpha value is -1.37. The van der Waals surface area contributed by atoms with Crippen molar-refractivity contribution in [1.82, 2.24) is 15.0 Å². The van der Waals surface area contributed by atoms with Gasteiger partial charge in [0.05, 0.1) is 18.4 Å². The highest BCUT2D eigenvalue weighted by Crippen LogP contribution is 2.24. The minimum Gasteiger partial charge on any atom is -0.392 e. The van der Waals surface area contributed by atoms with Crippen molar-refractivity contribution < 1.29 is 9.63 Å². The van der Waals surface area contributed by atoms with Crippen molar-refractivity contribution in [2.45, 2.75) is 37.7 Å². The predicted molar refractivity (Wildman–Crippen MR) is 95.7 cm³/mol. The molecule has 0 spiro atoms. The van der Waals surface area contributed by atoms with Gasteiger partial charge in [-0.15, -0.1) is 0 Å². The molecule has 2 aromatic rings. The smallest absolute Gasteiger partial charge is 0.240 e. The number of aliphatic hydroxyl groups excluding tert-OH is 1. The molecule has 6 heteroatoms. The van der Waals surface area contributed by atoms with Crippen molar-refractivity contribution in [2.75, 3.05) is 19.3 Å². The summed E-state index contributed by atoms with van der Waals surface area (Å²) < 4.78 is 5.31. The first-order valence-electron chi connectivity index (χ1n) is 8.49. The van der Waals surface area contributed by atoms with Gasteiger partial charge < -0.3 is 9.63 Å². The van der Waals surface area contributed by atoms with Crippen molar-refractivity contribution in [1.29, 1.82) is 0 Å². The summed E-state index contributed by atoms with van der Waals surface area (Å²) >= 11 is 1.69. The van der Waals surface area contributed by atoms with Crippen LogP contribution in [0.5, 0.6) is 0 Å². The van der Waals surface area contributed by atoms with Gasteiger partial charge in [0.1, 0.15) is 0 Å². The highest BCUT2D eigenvalue weighted by molar-refractivity contribution is 7.97. The van der Waals surface area contributed by atoms with Gasteiger partial charge in [-0.05, 0) is 50.1 Å². The van der Waals surface area contributed by atoms with Crippen molar-refractivity contribution >= 4 is 11.8 Å². The maximum absolute atomic E-state index is 10.5. The second-order valence-electron chi connectivity index (χ2n) is 6.41. The molecule has 0 bridgehead atoms. The highest BCUT2D eigenvalue weighted by atomic mass is 32.2. The maximum atomic E-state index is 10.5. The van der Waals surface area contributed by atoms with E-state index >= 15 is 0 Å². The molecule has 2 heterocycles. The fourth-order valence-electron chi connectivity index (χ4n) is 3.25. The SMILES string of the molecule is CSCc1noc(CN2CCC(C(O)Cc3ccccc3)CC2)n1. The van der Waals surface area contributed by atoms with Crippen molar-refractivity contribution in [2.24, 2.45) is 5.92 Å². The number of hydrogen-bond acceptors (Lipinski definition) is 6. The summed E-state index contributed by atoms with van der Waals surface area (Å²) in [6.45, 7) is 2.65. The summed E-state index contributed by atoms with van der Waals surface area (Å²) in [5, 5.41) is 14.5. The van der Waals surface area contributed by atoms with Crippen LogP contribution in [0.25, 0.3) is 0 Å². The van der Waals surface area contributed by atoms with Gasteiger partial charge in [0.2, 0.25) is 5.89 Å². The van der Waals surface area contributed by atoms with E-state index in [1.807, 2.05) is 24.5 Å². The summed E-state index contributed by atoms with van der Waals surface area (Å²) in [5.41, 5.74) is 1.21. The third-order valence-corrected chi connectivity index (χ3v) is 5.15. The average Bonchev–Trinajstić information content (AvgIpc) is 3.04. The first-order chi connectivity index (χ1) is 11.7. The number of likely N-dealkylation sites (tertiary alicyclic amines) is 1. The van der Waals surface area contributed by atoms with E-state index in [2.05, 4.69) is 27.2 Å². The summed E-state index contributed by atoms with van der Waals surface area (Å²) in [6, 6.07) is 10.2. The molecule has 1 N–H and O–H groups in total. The lowest BCUT2D eigenvalue weighted by molar-refractivity contribution is 0.0547. The summed E-state index contributed by atoms with van der Waals surface area (Å²) in [5.74, 6) is 2.63. The van der Waals surface area contributed by atoms with Crippen molar-refractivity contribution in [3.63, 3.8) is 0 Å². The number of piperidine rings is 1. The Morgan fingerprint density at radius 1 is 1.29 bits per heavy atom. The zero-order valence-electron chi connectivity index (χ0n) is 14.1. The van der Waals surface area contributed by atoms with Gasteiger partial charge in [0.25, 0.3) is 0 Å². The molecule has 1 aromatic carbocycles. The number of benzene rings is 1. The molecule has 5 nitrogen and oxygen atoms in total. The van der Waals surface area contributed by atoms with Crippen LogP contribution in [-0.2, 0) is 18.7 Å². The molecular formula is C18H25N3O2S. The fraction of sp³-hybridized carbons (Fsp3) is 0.556. The lowest BCUT2D eigenvalue weighted by atomic mass is 9.88. The molecule has 24 heavy (non-hydrogen) atoms. The molecule has 0 radical (unpaired) electrons. The van der Waals surface area contributed by atoms with Gasteiger partial charge >= 0.3 is 0 Å². The van der Waals surface area contributed by atoms with E-state index in [1.165, 1.54) is 5.56 Å². The van der Waals surface area contributed by atoms with E-state index in [-0.39, 0.29) is 6.10 Å². The number of aliphatic hydroxyl groups is 1. The topological polar surface area (TPSA) is 62.4 Å². The van der Waals surface area contributed by atoms with Crippen LogP contribution in [0, 0.1) is 5.92 Å². The average molecular weight is 347 g/mol. The molecule has 1 aliphatic heterocycles. The number of thioether (sulfide) groups is 1. The Morgan fingerprint density at radius 3 is 2.75 bits per heavy atom. The number of nitrogens with zero attached hydrogens (tertiary/aromatic N) is 3. The third kappa shape index (κ3) is 4.82. The molecule has 0 amide bonds. The Bertz CT molecular complexity index is 612. The Kier molecular flexibility index (Phi) is 6.29. The molecule has 3 rings (SSSR count). The van der Waals surface area contributed by atoms with Crippen molar-refractivity contribution in [3.05, 3.63) is 47.6 Å². The zero-order chi connectivity index (χ0) is 16.8. The fourth-order valence-corrected chi connectivity index (χ4v) is 3.63. The lowest BCUT2D eigenvalue weighted by Crippen LogP contribution is -2.38. The van der Waals surface area contributed by atoms with E-state index in [4.69, 9.17) is 4.52 Å². The van der Waals surface area contributed by atoms with Crippen LogP contribution in [0.1, 0.15) is 30.1 Å². The third-order valence-electron chi connectivity index (χ3n) is 4.61. The molecule has 1 unspecified atom stereocenters. The van der Waals surface area contributed by atoms with Gasteiger partial charge in [0.15, 0.2) is 5.82 Å². The van der Waals surface area contributed by atoms with Crippen LogP contribution in [0.15, 0.2) is 34.9 Å². The van der Waals surface area contributed by atoms with E-state index in [0.29, 0.717) is 18.4 Å². The summed E-state index contributed by atoms with van der Waals surface area (Å²) in [4.78, 5) is 6.75. The molecule has 130 valence electrons. The highest BCUT2D eigenvalue weighted by Gasteiger charge is 2.26. The number of aromatic nitrogens is 2. The Labute approximate surface area is 147 Å². The second-order valence-corrected chi connectivity index (χ2v) is 7.27. The van der Waals surface area contributed by atoms with Gasteiger partial charge in [-0.1, -0.05) is 35.5 Å². The minimum absolute atomic E-state index is 0.258. The lowest BCUT2D eigenvalue weighted by Gasteiger charge is -2.33. The van der Waals surface area contributed by atoms with Crippen molar-refractivity contribution in [3.8, 4) is 0 Å². The summed E-state index contributed by atoms with van der Waals surface area (Å²) in [7, 11) is 0. The quantitative estimate of drug-likeness (QED) is 0.831. The molecule has 1 aromatic heterocycles. The van der Waals surface area contributed by atoms with E-state index in [1.54, 1.807) is 11.8 Å². The van der Waals surface area contributed by atoms with Crippen LogP contribution >= 0.6 is 11.8 Å². The molecule has 0 saturated carbocycles. The van der Waals surface area contributed by atoms with E-state index < -0.39 is 0 Å². The molecule has 1 atom stereocenters. The minimum atomic E-state index is -0.258. The molecule has 1 aliphatic rings. The number of hydrogen-bond donors (Lipinski definition) is 1.